The minimum absolute atomic E-state index is 0.194. The van der Waals surface area contributed by atoms with Crippen LogP contribution in [0.25, 0.3) is 11.1 Å². The summed E-state index contributed by atoms with van der Waals surface area (Å²) in [5.41, 5.74) is 5.92. The highest BCUT2D eigenvalue weighted by molar-refractivity contribution is 9.10. The van der Waals surface area contributed by atoms with Crippen molar-refractivity contribution in [2.75, 3.05) is 0 Å². The molecule has 3 heteroatoms. The summed E-state index contributed by atoms with van der Waals surface area (Å²) in [5.74, 6) is 0.194. The molecule has 0 radical (unpaired) electrons. The van der Waals surface area contributed by atoms with Crippen LogP contribution in [0.5, 0.6) is 0 Å². The third-order valence-corrected chi connectivity index (χ3v) is 5.44. The van der Waals surface area contributed by atoms with E-state index in [1.54, 1.807) is 0 Å². The summed E-state index contributed by atoms with van der Waals surface area (Å²) in [6.07, 6.45) is 8.24. The molecular weight excluding hydrogens is 384 g/mol. The van der Waals surface area contributed by atoms with Crippen molar-refractivity contribution < 1.29 is 0 Å². The van der Waals surface area contributed by atoms with Crippen LogP contribution < -0.4 is 10.6 Å². The fourth-order valence-corrected chi connectivity index (χ4v) is 3.95. The summed E-state index contributed by atoms with van der Waals surface area (Å²) in [5, 5.41) is 2.14. The predicted molar refractivity (Wildman–Crippen MR) is 108 cm³/mol. The molecule has 26 heavy (non-hydrogen) atoms. The largest absolute Gasteiger partial charge is 0.264 e. The Balaban J connectivity index is 1.78. The maximum atomic E-state index is 4.97. The van der Waals surface area contributed by atoms with Gasteiger partial charge in [0.05, 0.1) is 11.1 Å². The van der Waals surface area contributed by atoms with Gasteiger partial charge >= 0.3 is 0 Å². The number of hydrogen-bond acceptors (Lipinski definition) is 2. The van der Waals surface area contributed by atoms with Crippen molar-refractivity contribution in [3.63, 3.8) is 0 Å². The van der Waals surface area contributed by atoms with Crippen LogP contribution >= 0.6 is 15.9 Å². The minimum Gasteiger partial charge on any atom is -0.264 e. The summed E-state index contributed by atoms with van der Waals surface area (Å²) >= 11 is 3.52. The standard InChI is InChI=1S/C23H15BrN2/c24-17-8-6-16(7-9-17)19-11-10-18(15-4-2-1-3-5-15)22-20-14-25-13-12-21(20)26-23(19)22/h1-14,18H. The molecule has 0 spiro atoms. The molecule has 0 saturated carbocycles. The molecule has 3 aromatic rings. The van der Waals surface area contributed by atoms with E-state index in [2.05, 4.69) is 87.7 Å². The topological polar surface area (TPSA) is 25.2 Å². The monoisotopic (exact) mass is 398 g/mol. The maximum absolute atomic E-state index is 4.97. The van der Waals surface area contributed by atoms with Crippen LogP contribution in [-0.4, -0.2) is 4.98 Å². The first-order valence-electron chi connectivity index (χ1n) is 8.58. The van der Waals surface area contributed by atoms with Gasteiger partial charge in [0, 0.05) is 39.1 Å². The van der Waals surface area contributed by atoms with Crippen molar-refractivity contribution >= 4 is 27.1 Å². The molecule has 1 atom stereocenters. The fourth-order valence-electron chi connectivity index (χ4n) is 3.69. The van der Waals surface area contributed by atoms with E-state index in [1.807, 2.05) is 18.5 Å². The third kappa shape index (κ3) is 2.47. The molecule has 2 heterocycles. The lowest BCUT2D eigenvalue weighted by Gasteiger charge is -2.22. The smallest absolute Gasteiger partial charge is 0.0764 e. The van der Waals surface area contributed by atoms with Crippen molar-refractivity contribution in [1.82, 2.24) is 4.98 Å². The van der Waals surface area contributed by atoms with E-state index in [-0.39, 0.29) is 5.92 Å². The Labute approximate surface area is 160 Å². The van der Waals surface area contributed by atoms with E-state index in [0.29, 0.717) is 0 Å². The number of hydrogen-bond donors (Lipinski definition) is 0. The molecule has 2 aromatic carbocycles. The van der Waals surface area contributed by atoms with Crippen molar-refractivity contribution in [3.8, 4) is 0 Å². The summed E-state index contributed by atoms with van der Waals surface area (Å²) in [7, 11) is 0. The van der Waals surface area contributed by atoms with E-state index in [9.17, 15) is 0 Å². The molecule has 0 amide bonds. The van der Waals surface area contributed by atoms with Gasteiger partial charge in [-0.15, -0.1) is 0 Å². The molecule has 0 saturated heterocycles. The maximum Gasteiger partial charge on any atom is 0.0764 e. The van der Waals surface area contributed by atoms with Crippen molar-refractivity contribution in [1.29, 1.82) is 0 Å². The van der Waals surface area contributed by atoms with Gasteiger partial charge in [0.25, 0.3) is 0 Å². The first-order chi connectivity index (χ1) is 12.8. The number of halogens is 1. The van der Waals surface area contributed by atoms with Gasteiger partial charge in [-0.3, -0.25) is 4.98 Å². The van der Waals surface area contributed by atoms with Gasteiger partial charge in [-0.25, -0.2) is 4.99 Å². The second kappa shape index (κ2) is 6.19. The summed E-state index contributed by atoms with van der Waals surface area (Å²) in [4.78, 5) is 9.32. The SMILES string of the molecule is Brc1ccc(C2=C3N=c4ccncc4=C3C(c3ccccc3)C=C2)cc1. The van der Waals surface area contributed by atoms with Crippen molar-refractivity contribution in [2.24, 2.45) is 4.99 Å². The number of aromatic nitrogens is 1. The highest BCUT2D eigenvalue weighted by Gasteiger charge is 2.28. The lowest BCUT2D eigenvalue weighted by molar-refractivity contribution is 1.08. The van der Waals surface area contributed by atoms with Gasteiger partial charge in [0.1, 0.15) is 0 Å². The number of pyridine rings is 1. The van der Waals surface area contributed by atoms with Crippen LogP contribution in [0.4, 0.5) is 0 Å². The average molecular weight is 399 g/mol. The van der Waals surface area contributed by atoms with Crippen molar-refractivity contribution in [2.45, 2.75) is 5.92 Å². The van der Waals surface area contributed by atoms with E-state index < -0.39 is 0 Å². The highest BCUT2D eigenvalue weighted by Crippen LogP contribution is 2.41. The van der Waals surface area contributed by atoms with Crippen LogP contribution in [0.2, 0.25) is 0 Å². The van der Waals surface area contributed by atoms with Gasteiger partial charge in [-0.2, -0.15) is 0 Å². The molecule has 5 rings (SSSR count). The van der Waals surface area contributed by atoms with E-state index in [0.717, 1.165) is 26.3 Å². The molecule has 2 aliphatic rings. The Morgan fingerprint density at radius 3 is 2.50 bits per heavy atom. The Bertz CT molecular complexity index is 1170. The van der Waals surface area contributed by atoms with Crippen LogP contribution in [0.1, 0.15) is 17.0 Å². The molecule has 2 nitrogen and oxygen atoms in total. The number of nitrogens with zero attached hydrogens (tertiary/aromatic N) is 2. The minimum atomic E-state index is 0.194. The molecule has 124 valence electrons. The molecule has 0 fully saturated rings. The van der Waals surface area contributed by atoms with E-state index in [1.165, 1.54) is 16.7 Å². The quantitative estimate of drug-likeness (QED) is 0.628. The van der Waals surface area contributed by atoms with Gasteiger partial charge in [0.2, 0.25) is 0 Å². The van der Waals surface area contributed by atoms with Gasteiger partial charge < -0.3 is 0 Å². The zero-order chi connectivity index (χ0) is 17.5. The van der Waals surface area contributed by atoms with Crippen LogP contribution in [0, 0.1) is 0 Å². The molecule has 1 aliphatic carbocycles. The second-order valence-corrected chi connectivity index (χ2v) is 7.35. The third-order valence-electron chi connectivity index (χ3n) is 4.91. The summed E-state index contributed by atoms with van der Waals surface area (Å²) in [6, 6.07) is 21.0. The number of allylic oxidation sites excluding steroid dienone is 4. The van der Waals surface area contributed by atoms with Crippen molar-refractivity contribution in [3.05, 3.63) is 117 Å². The van der Waals surface area contributed by atoms with E-state index in [4.69, 9.17) is 4.99 Å². The van der Waals surface area contributed by atoms with Gasteiger partial charge in [-0.05, 0) is 29.3 Å². The second-order valence-electron chi connectivity index (χ2n) is 6.43. The summed E-state index contributed by atoms with van der Waals surface area (Å²) < 4.78 is 1.08. The molecule has 0 bridgehead atoms. The normalized spacial score (nSPS) is 17.7. The Morgan fingerprint density at radius 2 is 1.69 bits per heavy atom. The fraction of sp³-hybridized carbons (Fsp3) is 0.0435. The number of benzene rings is 2. The zero-order valence-electron chi connectivity index (χ0n) is 13.9. The predicted octanol–water partition coefficient (Wildman–Crippen LogP) is 4.39. The number of rotatable bonds is 2. The zero-order valence-corrected chi connectivity index (χ0v) is 15.5. The lowest BCUT2D eigenvalue weighted by Crippen LogP contribution is -2.24. The number of fused-ring (bicyclic) bond motifs is 2. The molecular formula is C23H15BrN2. The van der Waals surface area contributed by atoms with Crippen LogP contribution in [0.3, 0.4) is 0 Å². The van der Waals surface area contributed by atoms with Crippen LogP contribution in [0.15, 0.2) is 100 Å². The molecule has 1 aromatic heterocycles. The lowest BCUT2D eigenvalue weighted by atomic mass is 9.82. The van der Waals surface area contributed by atoms with E-state index >= 15 is 0 Å². The molecule has 0 N–H and O–H groups in total. The first-order valence-corrected chi connectivity index (χ1v) is 9.37. The van der Waals surface area contributed by atoms with Gasteiger partial charge in [-0.1, -0.05) is 70.5 Å². The highest BCUT2D eigenvalue weighted by atomic mass is 79.9. The average Bonchev–Trinajstić information content (AvgIpc) is 3.08. The van der Waals surface area contributed by atoms with Gasteiger partial charge in [0.15, 0.2) is 0 Å². The van der Waals surface area contributed by atoms with Crippen LogP contribution in [-0.2, 0) is 0 Å². The Hall–Kier alpha value is -2.78. The molecule has 1 unspecified atom stereocenters. The first kappa shape index (κ1) is 15.5. The Kier molecular flexibility index (Phi) is 3.68. The summed E-state index contributed by atoms with van der Waals surface area (Å²) in [6.45, 7) is 0. The molecule has 1 aliphatic heterocycles. The Morgan fingerprint density at radius 1 is 0.885 bits per heavy atom.